The highest BCUT2D eigenvalue weighted by Gasteiger charge is 2.18. The molecule has 1 unspecified atom stereocenters. The van der Waals surface area contributed by atoms with Crippen molar-refractivity contribution in [3.8, 4) is 0 Å². The fraction of sp³-hybridized carbons (Fsp3) is 0.684. The van der Waals surface area contributed by atoms with Gasteiger partial charge in [0.05, 0.1) is 0 Å². The molecule has 1 saturated carbocycles. The Morgan fingerprint density at radius 1 is 1.15 bits per heavy atom. The predicted octanol–water partition coefficient (Wildman–Crippen LogP) is 5.31. The van der Waals surface area contributed by atoms with Gasteiger partial charge in [-0.3, -0.25) is 0 Å². The smallest absolute Gasteiger partial charge is 0.0322 e. The zero-order valence-corrected chi connectivity index (χ0v) is 13.5. The lowest BCUT2D eigenvalue weighted by Gasteiger charge is -2.26. The van der Waals surface area contributed by atoms with E-state index in [0.717, 1.165) is 12.5 Å². The van der Waals surface area contributed by atoms with Crippen LogP contribution in [-0.2, 0) is 0 Å². The zero-order valence-electron chi connectivity index (χ0n) is 13.5. The molecule has 2 rings (SSSR count). The highest BCUT2D eigenvalue weighted by molar-refractivity contribution is 5.33. The average Bonchev–Trinajstić information content (AvgIpc) is 2.47. The fourth-order valence-corrected chi connectivity index (χ4v) is 3.63. The van der Waals surface area contributed by atoms with Crippen LogP contribution in [0.15, 0.2) is 18.2 Å². The van der Waals surface area contributed by atoms with Crippen molar-refractivity contribution < 1.29 is 0 Å². The molecule has 0 aliphatic heterocycles. The van der Waals surface area contributed by atoms with Crippen LogP contribution in [0.1, 0.15) is 74.6 Å². The van der Waals surface area contributed by atoms with Gasteiger partial charge in [0.1, 0.15) is 0 Å². The third-order valence-electron chi connectivity index (χ3n) is 4.85. The molecular formula is C19H31N. The van der Waals surface area contributed by atoms with E-state index in [1.54, 1.807) is 0 Å². The van der Waals surface area contributed by atoms with Crippen LogP contribution in [0.3, 0.4) is 0 Å². The molecule has 112 valence electrons. The van der Waals surface area contributed by atoms with Gasteiger partial charge in [0, 0.05) is 6.04 Å². The van der Waals surface area contributed by atoms with Crippen LogP contribution >= 0.6 is 0 Å². The molecule has 1 N–H and O–H groups in total. The lowest BCUT2D eigenvalue weighted by atomic mass is 9.84. The summed E-state index contributed by atoms with van der Waals surface area (Å²) in [6.07, 6.45) is 10.00. The van der Waals surface area contributed by atoms with E-state index >= 15 is 0 Å². The molecule has 0 heterocycles. The largest absolute Gasteiger partial charge is 0.310 e. The fourth-order valence-electron chi connectivity index (χ4n) is 3.63. The summed E-state index contributed by atoms with van der Waals surface area (Å²) in [5, 5.41) is 3.71. The molecule has 0 aromatic heterocycles. The lowest BCUT2D eigenvalue weighted by molar-refractivity contribution is 0.315. The summed E-state index contributed by atoms with van der Waals surface area (Å²) in [5.41, 5.74) is 4.33. The van der Waals surface area contributed by atoms with Gasteiger partial charge in [0.2, 0.25) is 0 Å². The highest BCUT2D eigenvalue weighted by Crippen LogP contribution is 2.31. The van der Waals surface area contributed by atoms with Crippen molar-refractivity contribution >= 4 is 0 Å². The quantitative estimate of drug-likeness (QED) is 0.740. The SMILES string of the molecule is CCNC(CCC1CCCCC1)c1cc(C)ccc1C. The molecule has 1 aromatic carbocycles. The van der Waals surface area contributed by atoms with Gasteiger partial charge in [-0.05, 0) is 50.3 Å². The van der Waals surface area contributed by atoms with E-state index in [1.807, 2.05) is 0 Å². The van der Waals surface area contributed by atoms with Gasteiger partial charge in [-0.2, -0.15) is 0 Å². The average molecular weight is 273 g/mol. The summed E-state index contributed by atoms with van der Waals surface area (Å²) >= 11 is 0. The van der Waals surface area contributed by atoms with E-state index in [2.05, 4.69) is 44.3 Å². The van der Waals surface area contributed by atoms with Crippen LogP contribution in [-0.4, -0.2) is 6.54 Å². The van der Waals surface area contributed by atoms with Gasteiger partial charge < -0.3 is 5.32 Å². The van der Waals surface area contributed by atoms with Gasteiger partial charge in [-0.15, -0.1) is 0 Å². The van der Waals surface area contributed by atoms with Crippen molar-refractivity contribution in [1.82, 2.24) is 5.32 Å². The van der Waals surface area contributed by atoms with Crippen molar-refractivity contribution in [2.75, 3.05) is 6.54 Å². The number of benzene rings is 1. The minimum Gasteiger partial charge on any atom is -0.310 e. The summed E-state index contributed by atoms with van der Waals surface area (Å²) in [6.45, 7) is 7.73. The summed E-state index contributed by atoms with van der Waals surface area (Å²) in [7, 11) is 0. The highest BCUT2D eigenvalue weighted by atomic mass is 14.9. The first-order valence-electron chi connectivity index (χ1n) is 8.51. The molecule has 1 aliphatic rings. The molecule has 0 radical (unpaired) electrons. The first-order chi connectivity index (χ1) is 9.70. The second kappa shape index (κ2) is 7.83. The van der Waals surface area contributed by atoms with Crippen LogP contribution in [0.4, 0.5) is 0 Å². The number of aryl methyl sites for hydroxylation is 2. The second-order valence-electron chi connectivity index (χ2n) is 6.55. The molecular weight excluding hydrogens is 242 g/mol. The predicted molar refractivity (Wildman–Crippen MR) is 88.1 cm³/mol. The lowest BCUT2D eigenvalue weighted by Crippen LogP contribution is -2.23. The van der Waals surface area contributed by atoms with E-state index in [9.17, 15) is 0 Å². The molecule has 0 saturated heterocycles. The second-order valence-corrected chi connectivity index (χ2v) is 6.55. The van der Waals surface area contributed by atoms with Crippen molar-refractivity contribution in [3.05, 3.63) is 34.9 Å². The van der Waals surface area contributed by atoms with Gasteiger partial charge in [0.15, 0.2) is 0 Å². The Morgan fingerprint density at radius 2 is 1.90 bits per heavy atom. The molecule has 1 atom stereocenters. The van der Waals surface area contributed by atoms with E-state index < -0.39 is 0 Å². The van der Waals surface area contributed by atoms with Crippen LogP contribution in [0, 0.1) is 19.8 Å². The molecule has 20 heavy (non-hydrogen) atoms. The van der Waals surface area contributed by atoms with E-state index in [0.29, 0.717) is 6.04 Å². The van der Waals surface area contributed by atoms with Gasteiger partial charge in [-0.1, -0.05) is 62.8 Å². The minimum atomic E-state index is 0.543. The Kier molecular flexibility index (Phi) is 6.09. The van der Waals surface area contributed by atoms with Crippen LogP contribution in [0.2, 0.25) is 0 Å². The zero-order chi connectivity index (χ0) is 14.4. The van der Waals surface area contributed by atoms with Crippen molar-refractivity contribution in [2.24, 2.45) is 5.92 Å². The maximum Gasteiger partial charge on any atom is 0.0322 e. The Hall–Kier alpha value is -0.820. The standard InChI is InChI=1S/C19H31N/c1-4-20-19(13-12-17-8-6-5-7-9-17)18-14-15(2)10-11-16(18)3/h10-11,14,17,19-20H,4-9,12-13H2,1-3H3. The molecule has 1 nitrogen and oxygen atoms in total. The Morgan fingerprint density at radius 3 is 2.60 bits per heavy atom. The summed E-state index contributed by atoms with van der Waals surface area (Å²) < 4.78 is 0. The van der Waals surface area contributed by atoms with Crippen molar-refractivity contribution in [1.29, 1.82) is 0 Å². The Balaban J connectivity index is 2.00. The topological polar surface area (TPSA) is 12.0 Å². The third kappa shape index (κ3) is 4.34. The van der Waals surface area contributed by atoms with E-state index in [4.69, 9.17) is 0 Å². The van der Waals surface area contributed by atoms with Gasteiger partial charge in [0.25, 0.3) is 0 Å². The monoisotopic (exact) mass is 273 g/mol. The molecule has 0 bridgehead atoms. The number of hydrogen-bond acceptors (Lipinski definition) is 1. The minimum absolute atomic E-state index is 0.543. The summed E-state index contributed by atoms with van der Waals surface area (Å²) in [5.74, 6) is 0.982. The maximum atomic E-state index is 3.71. The molecule has 1 heteroatoms. The van der Waals surface area contributed by atoms with Crippen LogP contribution in [0.25, 0.3) is 0 Å². The number of nitrogens with one attached hydrogen (secondary N) is 1. The normalized spacial score (nSPS) is 18.1. The Labute approximate surface area is 125 Å². The third-order valence-corrected chi connectivity index (χ3v) is 4.85. The molecule has 0 spiro atoms. The number of rotatable bonds is 6. The summed E-state index contributed by atoms with van der Waals surface area (Å²) in [6, 6.07) is 7.42. The first-order valence-corrected chi connectivity index (χ1v) is 8.51. The first kappa shape index (κ1) is 15.6. The maximum absolute atomic E-state index is 3.71. The molecule has 1 aliphatic carbocycles. The van der Waals surface area contributed by atoms with Crippen LogP contribution < -0.4 is 5.32 Å². The van der Waals surface area contributed by atoms with Gasteiger partial charge in [-0.25, -0.2) is 0 Å². The van der Waals surface area contributed by atoms with Crippen molar-refractivity contribution in [3.63, 3.8) is 0 Å². The molecule has 1 fully saturated rings. The Bertz CT molecular complexity index is 404. The molecule has 1 aromatic rings. The van der Waals surface area contributed by atoms with Crippen molar-refractivity contribution in [2.45, 2.75) is 71.8 Å². The van der Waals surface area contributed by atoms with E-state index in [-0.39, 0.29) is 0 Å². The van der Waals surface area contributed by atoms with Crippen LogP contribution in [0.5, 0.6) is 0 Å². The molecule has 0 amide bonds. The summed E-state index contributed by atoms with van der Waals surface area (Å²) in [4.78, 5) is 0. The number of hydrogen-bond donors (Lipinski definition) is 1. The van der Waals surface area contributed by atoms with E-state index in [1.165, 1.54) is 61.6 Å². The van der Waals surface area contributed by atoms with Gasteiger partial charge >= 0.3 is 0 Å².